The molecule has 0 bridgehead atoms. The number of hydrogen-bond acceptors (Lipinski definition) is 1. The van der Waals surface area contributed by atoms with E-state index in [1.165, 1.54) is 10.9 Å². The van der Waals surface area contributed by atoms with Gasteiger partial charge in [0.1, 0.15) is 0 Å². The maximum atomic E-state index is 11.0. The average Bonchev–Trinajstić information content (AvgIpc) is 2.47. The summed E-state index contributed by atoms with van der Waals surface area (Å²) < 4.78 is 0. The van der Waals surface area contributed by atoms with Gasteiger partial charge < -0.3 is 5.11 Å². The summed E-state index contributed by atoms with van der Waals surface area (Å²) in [4.78, 5) is 11.0. The molecule has 1 N–H and O–H groups in total. The van der Waals surface area contributed by atoms with E-state index in [-0.39, 0.29) is 10.6 Å². The molecule has 104 valence electrons. The molecule has 3 aromatic rings. The van der Waals surface area contributed by atoms with E-state index in [4.69, 9.17) is 16.7 Å². The van der Waals surface area contributed by atoms with Gasteiger partial charge in [-0.15, -0.1) is 0 Å². The molecule has 3 aromatic carbocycles. The second-order valence-corrected chi connectivity index (χ2v) is 5.38. The first kappa shape index (κ1) is 13.7. The van der Waals surface area contributed by atoms with E-state index in [1.807, 2.05) is 18.2 Å². The molecule has 0 spiro atoms. The van der Waals surface area contributed by atoms with Crippen molar-refractivity contribution in [3.05, 3.63) is 70.7 Å². The first-order valence-electron chi connectivity index (χ1n) is 6.59. The van der Waals surface area contributed by atoms with Crippen LogP contribution in [0.4, 0.5) is 0 Å². The molecule has 0 heterocycles. The Labute approximate surface area is 127 Å². The number of rotatable bonds is 2. The largest absolute Gasteiger partial charge is 0.478 e. The smallest absolute Gasteiger partial charge is 0.337 e. The highest BCUT2D eigenvalue weighted by atomic mass is 35.5. The van der Waals surface area contributed by atoms with Crippen molar-refractivity contribution in [3.63, 3.8) is 0 Å². The number of carboxylic acid groups (broad SMARTS) is 1. The zero-order valence-electron chi connectivity index (χ0n) is 11.4. The summed E-state index contributed by atoms with van der Waals surface area (Å²) >= 11 is 6.08. The molecule has 0 aliphatic carbocycles. The molecular weight excluding hydrogens is 284 g/mol. The molecule has 3 rings (SSSR count). The monoisotopic (exact) mass is 296 g/mol. The summed E-state index contributed by atoms with van der Waals surface area (Å²) in [6.45, 7) is 2.08. The van der Waals surface area contributed by atoms with Gasteiger partial charge in [0.05, 0.1) is 10.6 Å². The number of halogens is 1. The molecule has 3 heteroatoms. The van der Waals surface area contributed by atoms with Crippen LogP contribution in [0.1, 0.15) is 15.9 Å². The second-order valence-electron chi connectivity index (χ2n) is 4.98. The van der Waals surface area contributed by atoms with Crippen LogP contribution in [0.25, 0.3) is 21.9 Å². The zero-order valence-corrected chi connectivity index (χ0v) is 12.2. The Morgan fingerprint density at radius 2 is 1.71 bits per heavy atom. The van der Waals surface area contributed by atoms with Crippen molar-refractivity contribution in [1.82, 2.24) is 0 Å². The van der Waals surface area contributed by atoms with Gasteiger partial charge in [0.2, 0.25) is 0 Å². The molecule has 0 saturated heterocycles. The third-order valence-electron chi connectivity index (χ3n) is 3.65. The Morgan fingerprint density at radius 1 is 1.00 bits per heavy atom. The Morgan fingerprint density at radius 3 is 2.38 bits per heavy atom. The fourth-order valence-corrected chi connectivity index (χ4v) is 2.82. The van der Waals surface area contributed by atoms with Crippen LogP contribution in [0.15, 0.2) is 54.6 Å². The van der Waals surface area contributed by atoms with Gasteiger partial charge >= 0.3 is 5.97 Å². The van der Waals surface area contributed by atoms with E-state index in [1.54, 1.807) is 18.2 Å². The van der Waals surface area contributed by atoms with Gasteiger partial charge in [-0.05, 0) is 46.5 Å². The fourth-order valence-electron chi connectivity index (χ4n) is 2.56. The lowest BCUT2D eigenvalue weighted by Crippen LogP contribution is -1.97. The van der Waals surface area contributed by atoms with Crippen LogP contribution in [-0.4, -0.2) is 11.1 Å². The molecule has 0 fully saturated rings. The molecule has 0 radical (unpaired) electrons. The van der Waals surface area contributed by atoms with Crippen LogP contribution < -0.4 is 0 Å². The minimum absolute atomic E-state index is 0.122. The van der Waals surface area contributed by atoms with Crippen LogP contribution in [-0.2, 0) is 0 Å². The number of benzene rings is 3. The van der Waals surface area contributed by atoms with Gasteiger partial charge in [-0.1, -0.05) is 54.1 Å². The van der Waals surface area contributed by atoms with Gasteiger partial charge in [-0.25, -0.2) is 4.79 Å². The van der Waals surface area contributed by atoms with E-state index < -0.39 is 5.97 Å². The van der Waals surface area contributed by atoms with E-state index in [9.17, 15) is 4.79 Å². The molecule has 0 aliphatic rings. The van der Waals surface area contributed by atoms with Gasteiger partial charge in [0.15, 0.2) is 0 Å². The fraction of sp³-hybridized carbons (Fsp3) is 0.0556. The van der Waals surface area contributed by atoms with Gasteiger partial charge in [-0.3, -0.25) is 0 Å². The van der Waals surface area contributed by atoms with Gasteiger partial charge in [0.25, 0.3) is 0 Å². The average molecular weight is 297 g/mol. The lowest BCUT2D eigenvalue weighted by atomic mass is 9.95. The topological polar surface area (TPSA) is 37.3 Å². The van der Waals surface area contributed by atoms with Crippen molar-refractivity contribution < 1.29 is 9.90 Å². The van der Waals surface area contributed by atoms with Crippen LogP contribution in [0.5, 0.6) is 0 Å². The lowest BCUT2D eigenvalue weighted by molar-refractivity contribution is 0.0697. The number of aryl methyl sites for hydroxylation is 1. The highest BCUT2D eigenvalue weighted by Crippen LogP contribution is 2.32. The zero-order chi connectivity index (χ0) is 15.0. The minimum Gasteiger partial charge on any atom is -0.478 e. The van der Waals surface area contributed by atoms with Gasteiger partial charge in [-0.2, -0.15) is 0 Å². The van der Waals surface area contributed by atoms with Crippen molar-refractivity contribution in [3.8, 4) is 11.1 Å². The number of carboxylic acids is 1. The van der Waals surface area contributed by atoms with Crippen LogP contribution in [0.3, 0.4) is 0 Å². The molecule has 21 heavy (non-hydrogen) atoms. The lowest BCUT2D eigenvalue weighted by Gasteiger charge is -2.10. The molecule has 0 atom stereocenters. The predicted molar refractivity (Wildman–Crippen MR) is 86.1 cm³/mol. The van der Waals surface area contributed by atoms with Crippen molar-refractivity contribution in [2.45, 2.75) is 6.92 Å². The highest BCUT2D eigenvalue weighted by molar-refractivity contribution is 6.33. The summed E-state index contributed by atoms with van der Waals surface area (Å²) in [5, 5.41) is 11.6. The van der Waals surface area contributed by atoms with E-state index in [0.29, 0.717) is 0 Å². The highest BCUT2D eigenvalue weighted by Gasteiger charge is 2.11. The number of carbonyl (C=O) groups is 1. The summed E-state index contributed by atoms with van der Waals surface area (Å²) in [5.41, 5.74) is 3.30. The first-order chi connectivity index (χ1) is 10.1. The standard InChI is InChI=1S/C18H13ClO2/c1-11-6-8-14(15-5-3-2-4-13(11)15)12-7-9-16(18(20)21)17(19)10-12/h2-10H,1H3,(H,20,21). The quantitative estimate of drug-likeness (QED) is 0.708. The number of aromatic carboxylic acids is 1. The first-order valence-corrected chi connectivity index (χ1v) is 6.97. The Bertz CT molecular complexity index is 853. The van der Waals surface area contributed by atoms with Crippen molar-refractivity contribution >= 4 is 28.3 Å². The molecule has 0 aromatic heterocycles. The molecule has 0 aliphatic heterocycles. The van der Waals surface area contributed by atoms with Gasteiger partial charge in [0, 0.05) is 0 Å². The molecular formula is C18H13ClO2. The number of fused-ring (bicyclic) bond motifs is 1. The van der Waals surface area contributed by atoms with E-state index >= 15 is 0 Å². The summed E-state index contributed by atoms with van der Waals surface area (Å²) in [6, 6.07) is 17.3. The molecule has 2 nitrogen and oxygen atoms in total. The Hall–Kier alpha value is -2.32. The normalized spacial score (nSPS) is 10.8. The summed E-state index contributed by atoms with van der Waals surface area (Å²) in [5.74, 6) is -1.01. The minimum atomic E-state index is -1.01. The Balaban J connectivity index is 2.24. The molecule has 0 saturated carbocycles. The van der Waals surface area contributed by atoms with Crippen LogP contribution >= 0.6 is 11.6 Å². The van der Waals surface area contributed by atoms with Crippen molar-refractivity contribution in [2.24, 2.45) is 0 Å². The summed E-state index contributed by atoms with van der Waals surface area (Å²) in [6.07, 6.45) is 0. The maximum absolute atomic E-state index is 11.0. The molecule has 0 unspecified atom stereocenters. The third-order valence-corrected chi connectivity index (χ3v) is 3.97. The van der Waals surface area contributed by atoms with E-state index in [2.05, 4.69) is 25.1 Å². The second kappa shape index (κ2) is 5.23. The third kappa shape index (κ3) is 2.39. The van der Waals surface area contributed by atoms with Crippen molar-refractivity contribution in [1.29, 1.82) is 0 Å². The predicted octanol–water partition coefficient (Wildman–Crippen LogP) is 5.17. The molecule has 0 amide bonds. The number of hydrogen-bond donors (Lipinski definition) is 1. The van der Waals surface area contributed by atoms with Crippen molar-refractivity contribution in [2.75, 3.05) is 0 Å². The van der Waals surface area contributed by atoms with E-state index in [0.717, 1.165) is 16.5 Å². The van der Waals surface area contributed by atoms with Crippen LogP contribution in [0, 0.1) is 6.92 Å². The summed E-state index contributed by atoms with van der Waals surface area (Å²) in [7, 11) is 0. The SMILES string of the molecule is Cc1ccc(-c2ccc(C(=O)O)c(Cl)c2)c2ccccc12. The Kier molecular flexibility index (Phi) is 3.40. The van der Waals surface area contributed by atoms with Crippen LogP contribution in [0.2, 0.25) is 5.02 Å². The maximum Gasteiger partial charge on any atom is 0.337 e.